The lowest BCUT2D eigenvalue weighted by molar-refractivity contribution is -0.122. The van der Waals surface area contributed by atoms with Crippen molar-refractivity contribution >= 4 is 28.9 Å². The normalized spacial score (nSPS) is 14.6. The highest BCUT2D eigenvalue weighted by molar-refractivity contribution is 6.11. The highest BCUT2D eigenvalue weighted by Gasteiger charge is 2.30. The number of ether oxygens (including phenoxy) is 1. The van der Waals surface area contributed by atoms with Gasteiger partial charge in [0.25, 0.3) is 12.3 Å². The summed E-state index contributed by atoms with van der Waals surface area (Å²) in [6.07, 6.45) is -1.11. The number of rotatable bonds is 6. The number of alkyl halides is 2. The number of benzene rings is 1. The Morgan fingerprint density at radius 2 is 2.15 bits per heavy atom. The van der Waals surface area contributed by atoms with E-state index in [1.807, 2.05) is 0 Å². The molecule has 1 unspecified atom stereocenters. The van der Waals surface area contributed by atoms with Crippen LogP contribution >= 0.6 is 0 Å². The zero-order valence-electron chi connectivity index (χ0n) is 14.8. The van der Waals surface area contributed by atoms with Gasteiger partial charge >= 0.3 is 0 Å². The molecule has 144 valence electrons. The number of nitrogens with one attached hydrogen (secondary N) is 2. The zero-order chi connectivity index (χ0) is 19.6. The Morgan fingerprint density at radius 3 is 2.89 bits per heavy atom. The Morgan fingerprint density at radius 1 is 1.41 bits per heavy atom. The number of hydrogen-bond donors (Lipinski definition) is 2. The maximum Gasteiger partial charge on any atom is 0.272 e. The Bertz CT molecular complexity index is 855. The van der Waals surface area contributed by atoms with E-state index in [-0.39, 0.29) is 24.2 Å². The minimum Gasteiger partial charge on any atom is -0.469 e. The van der Waals surface area contributed by atoms with E-state index in [4.69, 9.17) is 4.74 Å². The summed E-state index contributed by atoms with van der Waals surface area (Å²) >= 11 is 0. The molecule has 0 fully saturated rings. The Balaban J connectivity index is 1.76. The predicted octanol–water partition coefficient (Wildman–Crippen LogP) is 1.85. The molecule has 0 aliphatic carbocycles. The van der Waals surface area contributed by atoms with Crippen LogP contribution < -0.4 is 20.3 Å². The van der Waals surface area contributed by atoms with Crippen LogP contribution in [0.25, 0.3) is 0 Å². The molecule has 1 aromatic carbocycles. The van der Waals surface area contributed by atoms with E-state index in [0.29, 0.717) is 17.1 Å². The topological polar surface area (TPSA) is 88.5 Å². The molecule has 2 heterocycles. The largest absolute Gasteiger partial charge is 0.469 e. The maximum atomic E-state index is 12.9. The van der Waals surface area contributed by atoms with Crippen LogP contribution in [-0.4, -0.2) is 47.2 Å². The highest BCUT2D eigenvalue weighted by atomic mass is 19.3. The molecule has 27 heavy (non-hydrogen) atoms. The Hall–Kier alpha value is -3.17. The molecule has 2 aromatic rings. The van der Waals surface area contributed by atoms with Crippen LogP contribution in [0.15, 0.2) is 30.5 Å². The number of aryl methyl sites for hydroxylation is 1. The van der Waals surface area contributed by atoms with Gasteiger partial charge in [0.2, 0.25) is 11.8 Å². The van der Waals surface area contributed by atoms with Gasteiger partial charge in [-0.1, -0.05) is 12.1 Å². The highest BCUT2D eigenvalue weighted by Crippen LogP contribution is 2.30. The first kappa shape index (κ1) is 18.6. The number of amides is 2. The Labute approximate surface area is 154 Å². The summed E-state index contributed by atoms with van der Waals surface area (Å²) in [7, 11) is 1.61. The van der Waals surface area contributed by atoms with Crippen molar-refractivity contribution in [2.75, 3.05) is 28.7 Å². The van der Waals surface area contributed by atoms with E-state index in [0.717, 1.165) is 0 Å². The molecule has 10 heteroatoms. The standard InChI is InChI=1S/C17H19F2N5O3/c1-10(20-12-7-23(2)22-16(12)27-9-14(18)19)17(26)24-8-15(25)21-11-5-3-4-6-13(11)24/h3-7,10,14,20H,8-9H2,1-2H3,(H,21,25). The summed E-state index contributed by atoms with van der Waals surface area (Å²) < 4.78 is 31.2. The molecular formula is C17H19F2N5O3. The van der Waals surface area contributed by atoms with E-state index in [9.17, 15) is 18.4 Å². The fourth-order valence-corrected chi connectivity index (χ4v) is 2.77. The molecule has 8 nitrogen and oxygen atoms in total. The third-order valence-electron chi connectivity index (χ3n) is 3.92. The minimum absolute atomic E-state index is 0.0192. The van der Waals surface area contributed by atoms with Gasteiger partial charge in [-0.2, -0.15) is 0 Å². The van der Waals surface area contributed by atoms with Crippen molar-refractivity contribution in [3.05, 3.63) is 30.5 Å². The maximum absolute atomic E-state index is 12.9. The van der Waals surface area contributed by atoms with E-state index in [1.54, 1.807) is 38.2 Å². The third kappa shape index (κ3) is 4.15. The van der Waals surface area contributed by atoms with E-state index in [2.05, 4.69) is 15.7 Å². The number of aromatic nitrogens is 2. The lowest BCUT2D eigenvalue weighted by atomic mass is 10.1. The smallest absolute Gasteiger partial charge is 0.272 e. The molecule has 0 radical (unpaired) electrons. The van der Waals surface area contributed by atoms with Crippen molar-refractivity contribution in [1.82, 2.24) is 9.78 Å². The quantitative estimate of drug-likeness (QED) is 0.800. The van der Waals surface area contributed by atoms with Crippen LogP contribution in [0, 0.1) is 0 Å². The first-order valence-corrected chi connectivity index (χ1v) is 8.26. The number of halogens is 2. The lowest BCUT2D eigenvalue weighted by Gasteiger charge is -2.31. The average molecular weight is 379 g/mol. The van der Waals surface area contributed by atoms with Gasteiger partial charge in [-0.15, -0.1) is 5.10 Å². The second-order valence-electron chi connectivity index (χ2n) is 6.08. The van der Waals surface area contributed by atoms with Gasteiger partial charge in [0.1, 0.15) is 18.3 Å². The van der Waals surface area contributed by atoms with Gasteiger partial charge in [-0.05, 0) is 19.1 Å². The molecule has 1 aliphatic rings. The monoisotopic (exact) mass is 379 g/mol. The molecule has 0 saturated carbocycles. The van der Waals surface area contributed by atoms with Gasteiger partial charge in [0.05, 0.1) is 17.6 Å². The number of carbonyl (C=O) groups excluding carboxylic acids is 2. The number of nitrogens with zero attached hydrogens (tertiary/aromatic N) is 3. The van der Waals surface area contributed by atoms with Crippen LogP contribution in [-0.2, 0) is 16.6 Å². The van der Waals surface area contributed by atoms with Crippen molar-refractivity contribution in [3.63, 3.8) is 0 Å². The van der Waals surface area contributed by atoms with Gasteiger partial charge in [-0.25, -0.2) is 8.78 Å². The summed E-state index contributed by atoms with van der Waals surface area (Å²) in [5.41, 5.74) is 1.46. The van der Waals surface area contributed by atoms with Crippen LogP contribution in [0.3, 0.4) is 0 Å². The summed E-state index contributed by atoms with van der Waals surface area (Å²) in [5.74, 6) is -0.660. The molecule has 3 rings (SSSR count). The summed E-state index contributed by atoms with van der Waals surface area (Å²) in [5, 5.41) is 9.60. The fourth-order valence-electron chi connectivity index (χ4n) is 2.77. The zero-order valence-corrected chi connectivity index (χ0v) is 14.8. The summed E-state index contributed by atoms with van der Waals surface area (Å²) in [6.45, 7) is 0.707. The number of carbonyl (C=O) groups is 2. The first-order valence-electron chi connectivity index (χ1n) is 8.26. The molecule has 0 bridgehead atoms. The van der Waals surface area contributed by atoms with Crippen LogP contribution in [0.1, 0.15) is 6.92 Å². The molecule has 1 atom stereocenters. The van der Waals surface area contributed by atoms with Crippen LogP contribution in [0.5, 0.6) is 5.88 Å². The fraction of sp³-hybridized carbons (Fsp3) is 0.353. The summed E-state index contributed by atoms with van der Waals surface area (Å²) in [6, 6.07) is 6.23. The number of para-hydroxylation sites is 2. The molecule has 0 spiro atoms. The van der Waals surface area contributed by atoms with Crippen LogP contribution in [0.2, 0.25) is 0 Å². The molecule has 0 saturated heterocycles. The van der Waals surface area contributed by atoms with Crippen molar-refractivity contribution in [2.24, 2.45) is 7.05 Å². The SMILES string of the molecule is CC(Nc1cn(C)nc1OCC(F)F)C(=O)N1CC(=O)Nc2ccccc21. The number of fused-ring (bicyclic) bond motifs is 1. The number of hydrogen-bond acceptors (Lipinski definition) is 5. The minimum atomic E-state index is -2.64. The van der Waals surface area contributed by atoms with E-state index < -0.39 is 19.1 Å². The Kier molecular flexibility index (Phi) is 5.24. The van der Waals surface area contributed by atoms with Gasteiger partial charge < -0.3 is 15.4 Å². The van der Waals surface area contributed by atoms with Gasteiger partial charge in [-0.3, -0.25) is 19.2 Å². The third-order valence-corrected chi connectivity index (χ3v) is 3.92. The lowest BCUT2D eigenvalue weighted by Crippen LogP contribution is -2.47. The average Bonchev–Trinajstić information content (AvgIpc) is 2.97. The molecule has 1 aliphatic heterocycles. The van der Waals surface area contributed by atoms with Crippen LogP contribution in [0.4, 0.5) is 25.8 Å². The second kappa shape index (κ2) is 7.60. The number of anilines is 3. The van der Waals surface area contributed by atoms with Crippen molar-refractivity contribution in [1.29, 1.82) is 0 Å². The second-order valence-corrected chi connectivity index (χ2v) is 6.08. The van der Waals surface area contributed by atoms with E-state index >= 15 is 0 Å². The van der Waals surface area contributed by atoms with Crippen molar-refractivity contribution in [3.8, 4) is 5.88 Å². The van der Waals surface area contributed by atoms with Crippen molar-refractivity contribution in [2.45, 2.75) is 19.4 Å². The first-order chi connectivity index (χ1) is 12.8. The molecular weight excluding hydrogens is 360 g/mol. The predicted molar refractivity (Wildman–Crippen MR) is 95.2 cm³/mol. The van der Waals surface area contributed by atoms with E-state index in [1.165, 1.54) is 15.8 Å². The molecule has 2 N–H and O–H groups in total. The molecule has 1 aromatic heterocycles. The summed E-state index contributed by atoms with van der Waals surface area (Å²) in [4.78, 5) is 26.2. The molecule has 2 amide bonds. The van der Waals surface area contributed by atoms with Crippen molar-refractivity contribution < 1.29 is 23.1 Å². The van der Waals surface area contributed by atoms with Gasteiger partial charge in [0.15, 0.2) is 6.61 Å². The van der Waals surface area contributed by atoms with Gasteiger partial charge in [0, 0.05) is 7.05 Å².